The predicted octanol–water partition coefficient (Wildman–Crippen LogP) is 0.849. The average Bonchev–Trinajstić information content (AvgIpc) is 1.63. The third kappa shape index (κ3) is 10.2. The smallest absolute Gasteiger partial charge is 0.327 e. The van der Waals surface area contributed by atoms with Gasteiger partial charge in [-0.25, -0.2) is 4.79 Å². The van der Waals surface area contributed by atoms with Gasteiger partial charge in [-0.2, -0.15) is 0 Å². The molecule has 0 saturated heterocycles. The van der Waals surface area contributed by atoms with Gasteiger partial charge >= 0.3 is 5.97 Å². The van der Waals surface area contributed by atoms with Crippen molar-refractivity contribution in [3.05, 3.63) is 12.2 Å². The molecule has 0 rings (SSSR count). The number of rotatable bonds is 3. The van der Waals surface area contributed by atoms with E-state index in [0.717, 1.165) is 6.42 Å². The normalized spacial score (nSPS) is 9.90. The Hall–Kier alpha value is -0.830. The molecule has 0 spiro atoms. The standard InChI is InChI=1S/C7H12O2.H2O/c1-6(2)4-3-5-7(8)9;/h3,5-6H,4H2,1-2H3,(H,8,9);1H2/b5-3+;. The molecule has 0 aromatic heterocycles. The molecule has 0 amide bonds. The molecule has 0 aliphatic rings. The van der Waals surface area contributed by atoms with Gasteiger partial charge in [-0.15, -0.1) is 0 Å². The lowest BCUT2D eigenvalue weighted by molar-refractivity contribution is -0.131. The number of aliphatic carboxylic acids is 1. The highest BCUT2D eigenvalue weighted by Gasteiger charge is 1.88. The van der Waals surface area contributed by atoms with Crippen LogP contribution in [0.3, 0.4) is 0 Å². The fourth-order valence-corrected chi connectivity index (χ4v) is 0.441. The van der Waals surface area contributed by atoms with Crippen molar-refractivity contribution in [1.82, 2.24) is 0 Å². The Labute approximate surface area is 60.7 Å². The molecule has 60 valence electrons. The van der Waals surface area contributed by atoms with Crippen LogP contribution < -0.4 is 0 Å². The molecule has 0 aromatic carbocycles. The summed E-state index contributed by atoms with van der Waals surface area (Å²) in [6.45, 7) is 4.10. The van der Waals surface area contributed by atoms with Crippen molar-refractivity contribution in [2.24, 2.45) is 5.92 Å². The van der Waals surface area contributed by atoms with Crippen molar-refractivity contribution >= 4 is 5.97 Å². The molecular weight excluding hydrogens is 132 g/mol. The zero-order valence-corrected chi connectivity index (χ0v) is 6.29. The van der Waals surface area contributed by atoms with Crippen LogP contribution >= 0.6 is 0 Å². The first kappa shape index (κ1) is 11.9. The van der Waals surface area contributed by atoms with E-state index in [-0.39, 0.29) is 5.48 Å². The average molecular weight is 146 g/mol. The third-order valence-corrected chi connectivity index (χ3v) is 0.868. The van der Waals surface area contributed by atoms with Gasteiger partial charge < -0.3 is 10.6 Å². The van der Waals surface area contributed by atoms with Gasteiger partial charge in [0.2, 0.25) is 0 Å². The second-order valence-corrected chi connectivity index (χ2v) is 2.37. The number of carboxylic acid groups (broad SMARTS) is 1. The number of allylic oxidation sites excluding steroid dienone is 1. The summed E-state index contributed by atoms with van der Waals surface area (Å²) >= 11 is 0. The van der Waals surface area contributed by atoms with Crippen LogP contribution in [0.15, 0.2) is 12.2 Å². The number of carbonyl (C=O) groups is 1. The molecule has 3 N–H and O–H groups in total. The van der Waals surface area contributed by atoms with Gasteiger partial charge in [-0.1, -0.05) is 19.9 Å². The fraction of sp³-hybridized carbons (Fsp3) is 0.571. The Morgan fingerprint density at radius 1 is 1.60 bits per heavy atom. The van der Waals surface area contributed by atoms with Crippen molar-refractivity contribution in [1.29, 1.82) is 0 Å². The number of hydrogen-bond donors (Lipinski definition) is 1. The highest BCUT2D eigenvalue weighted by Crippen LogP contribution is 1.98. The summed E-state index contributed by atoms with van der Waals surface area (Å²) in [7, 11) is 0. The van der Waals surface area contributed by atoms with Crippen LogP contribution in [0.5, 0.6) is 0 Å². The first-order chi connectivity index (χ1) is 4.13. The summed E-state index contributed by atoms with van der Waals surface area (Å²) in [6, 6.07) is 0. The van der Waals surface area contributed by atoms with E-state index in [0.29, 0.717) is 5.92 Å². The third-order valence-electron chi connectivity index (χ3n) is 0.868. The Kier molecular flexibility index (Phi) is 7.49. The SMILES string of the molecule is CC(C)C/C=C/C(=O)O.O. The van der Waals surface area contributed by atoms with Gasteiger partial charge in [0.05, 0.1) is 0 Å². The summed E-state index contributed by atoms with van der Waals surface area (Å²) in [5.41, 5.74) is 0. The predicted molar refractivity (Wildman–Crippen MR) is 39.8 cm³/mol. The van der Waals surface area contributed by atoms with E-state index in [1.165, 1.54) is 6.08 Å². The van der Waals surface area contributed by atoms with Gasteiger partial charge in [0.1, 0.15) is 0 Å². The van der Waals surface area contributed by atoms with Crippen LogP contribution in [0.4, 0.5) is 0 Å². The molecule has 0 saturated carbocycles. The maximum Gasteiger partial charge on any atom is 0.327 e. The van der Waals surface area contributed by atoms with Crippen molar-refractivity contribution < 1.29 is 15.4 Å². The molecular formula is C7H14O3. The number of carboxylic acids is 1. The van der Waals surface area contributed by atoms with Crippen LogP contribution in [0.25, 0.3) is 0 Å². The zero-order chi connectivity index (χ0) is 7.28. The van der Waals surface area contributed by atoms with E-state index in [1.807, 2.05) is 13.8 Å². The highest BCUT2D eigenvalue weighted by molar-refractivity contribution is 5.79. The topological polar surface area (TPSA) is 68.8 Å². The molecule has 0 fully saturated rings. The van der Waals surface area contributed by atoms with E-state index in [9.17, 15) is 4.79 Å². The first-order valence-corrected chi connectivity index (χ1v) is 3.02. The Morgan fingerprint density at radius 3 is 2.40 bits per heavy atom. The largest absolute Gasteiger partial charge is 0.478 e. The lowest BCUT2D eigenvalue weighted by atomic mass is 10.1. The van der Waals surface area contributed by atoms with E-state index in [2.05, 4.69) is 0 Å². The van der Waals surface area contributed by atoms with Gasteiger partial charge in [0.15, 0.2) is 0 Å². The van der Waals surface area contributed by atoms with Crippen LogP contribution in [0.2, 0.25) is 0 Å². The zero-order valence-electron chi connectivity index (χ0n) is 6.29. The quantitative estimate of drug-likeness (QED) is 0.599. The highest BCUT2D eigenvalue weighted by atomic mass is 16.4. The van der Waals surface area contributed by atoms with Gasteiger partial charge in [-0.05, 0) is 12.3 Å². The van der Waals surface area contributed by atoms with Crippen molar-refractivity contribution in [3.8, 4) is 0 Å². The molecule has 0 aliphatic heterocycles. The summed E-state index contributed by atoms with van der Waals surface area (Å²) < 4.78 is 0. The van der Waals surface area contributed by atoms with Crippen molar-refractivity contribution in [2.75, 3.05) is 0 Å². The Bertz CT molecular complexity index is 116. The van der Waals surface area contributed by atoms with Gasteiger partial charge in [0, 0.05) is 6.08 Å². The minimum Gasteiger partial charge on any atom is -0.478 e. The van der Waals surface area contributed by atoms with Crippen LogP contribution in [0, 0.1) is 5.92 Å². The van der Waals surface area contributed by atoms with Crippen LogP contribution in [-0.2, 0) is 4.79 Å². The fourth-order valence-electron chi connectivity index (χ4n) is 0.441. The lowest BCUT2D eigenvalue weighted by Crippen LogP contribution is -1.87. The van der Waals surface area contributed by atoms with E-state index in [4.69, 9.17) is 5.11 Å². The second-order valence-electron chi connectivity index (χ2n) is 2.37. The summed E-state index contributed by atoms with van der Waals surface area (Å²) in [5, 5.41) is 8.14. The summed E-state index contributed by atoms with van der Waals surface area (Å²) in [6.07, 6.45) is 3.69. The summed E-state index contributed by atoms with van der Waals surface area (Å²) in [4.78, 5) is 9.89. The molecule has 0 atom stereocenters. The molecule has 3 heteroatoms. The minimum absolute atomic E-state index is 0. The number of hydrogen-bond acceptors (Lipinski definition) is 1. The van der Waals surface area contributed by atoms with Crippen LogP contribution in [-0.4, -0.2) is 16.6 Å². The van der Waals surface area contributed by atoms with Gasteiger partial charge in [-0.3, -0.25) is 0 Å². The molecule has 3 nitrogen and oxygen atoms in total. The molecule has 0 unspecified atom stereocenters. The monoisotopic (exact) mass is 146 g/mol. The Balaban J connectivity index is 0. The second kappa shape index (κ2) is 6.29. The first-order valence-electron chi connectivity index (χ1n) is 3.02. The molecule has 10 heavy (non-hydrogen) atoms. The van der Waals surface area contributed by atoms with E-state index < -0.39 is 5.97 Å². The van der Waals surface area contributed by atoms with Crippen molar-refractivity contribution in [2.45, 2.75) is 20.3 Å². The maximum atomic E-state index is 9.89. The van der Waals surface area contributed by atoms with Crippen molar-refractivity contribution in [3.63, 3.8) is 0 Å². The van der Waals surface area contributed by atoms with E-state index >= 15 is 0 Å². The van der Waals surface area contributed by atoms with Gasteiger partial charge in [0.25, 0.3) is 0 Å². The maximum absolute atomic E-state index is 9.89. The molecule has 0 radical (unpaired) electrons. The molecule has 0 heterocycles. The molecule has 0 aliphatic carbocycles. The lowest BCUT2D eigenvalue weighted by Gasteiger charge is -1.94. The van der Waals surface area contributed by atoms with E-state index in [1.54, 1.807) is 6.08 Å². The Morgan fingerprint density at radius 2 is 2.10 bits per heavy atom. The minimum atomic E-state index is -0.865. The summed E-state index contributed by atoms with van der Waals surface area (Å²) in [5.74, 6) is -0.323. The van der Waals surface area contributed by atoms with Crippen LogP contribution in [0.1, 0.15) is 20.3 Å². The molecule has 0 bridgehead atoms. The molecule has 0 aromatic rings.